The zero-order valence-corrected chi connectivity index (χ0v) is 10.9. The van der Waals surface area contributed by atoms with Crippen LogP contribution in [0.4, 0.5) is 5.69 Å². The lowest BCUT2D eigenvalue weighted by molar-refractivity contribution is 0.0988. The van der Waals surface area contributed by atoms with Crippen LogP contribution < -0.4 is 5.73 Å². The molecule has 3 nitrogen and oxygen atoms in total. The number of hydrogen-bond acceptors (Lipinski definition) is 3. The quantitative estimate of drug-likeness (QED) is 0.737. The molecule has 3 rings (SSSR count). The summed E-state index contributed by atoms with van der Waals surface area (Å²) >= 11 is 0. The second-order valence-electron chi connectivity index (χ2n) is 4.70. The smallest absolute Gasteiger partial charge is 0.185 e. The third kappa shape index (κ3) is 2.38. The number of nitrogens with two attached hydrogens (primary N) is 1. The van der Waals surface area contributed by atoms with Gasteiger partial charge >= 0.3 is 0 Å². The Labute approximate surface area is 117 Å². The van der Waals surface area contributed by atoms with Crippen molar-refractivity contribution in [1.82, 2.24) is 4.98 Å². The van der Waals surface area contributed by atoms with Gasteiger partial charge in [0, 0.05) is 17.5 Å². The molecule has 0 atom stereocenters. The number of benzene rings is 2. The Morgan fingerprint density at radius 2 is 1.70 bits per heavy atom. The normalized spacial score (nSPS) is 10.6. The average Bonchev–Trinajstić information content (AvgIpc) is 2.48. The standard InChI is InChI=1S/C17H14N2O/c18-14-11-16(19-15-9-5-4-8-13(14)15)17(20)10-12-6-2-1-3-7-12/h1-9,11H,10H2,(H2,18,19). The van der Waals surface area contributed by atoms with E-state index in [1.54, 1.807) is 6.07 Å². The largest absolute Gasteiger partial charge is 0.398 e. The molecule has 0 saturated heterocycles. The Kier molecular flexibility index (Phi) is 3.17. The van der Waals surface area contributed by atoms with Crippen LogP contribution in [0.5, 0.6) is 0 Å². The van der Waals surface area contributed by atoms with Gasteiger partial charge in [0.2, 0.25) is 0 Å². The van der Waals surface area contributed by atoms with Gasteiger partial charge in [-0.3, -0.25) is 4.79 Å². The summed E-state index contributed by atoms with van der Waals surface area (Å²) in [5.74, 6) is -0.0198. The van der Waals surface area contributed by atoms with Crippen LogP contribution in [0.25, 0.3) is 10.9 Å². The molecule has 0 aliphatic carbocycles. The van der Waals surface area contributed by atoms with Crippen LogP contribution in [0.3, 0.4) is 0 Å². The minimum atomic E-state index is -0.0198. The van der Waals surface area contributed by atoms with E-state index >= 15 is 0 Å². The van der Waals surface area contributed by atoms with Crippen LogP contribution in [0.15, 0.2) is 60.7 Å². The lowest BCUT2D eigenvalue weighted by Crippen LogP contribution is -2.07. The van der Waals surface area contributed by atoms with Crippen molar-refractivity contribution < 1.29 is 4.79 Å². The molecule has 2 aromatic carbocycles. The number of para-hydroxylation sites is 1. The number of carbonyl (C=O) groups is 1. The minimum Gasteiger partial charge on any atom is -0.398 e. The summed E-state index contributed by atoms with van der Waals surface area (Å²) in [7, 11) is 0. The number of fused-ring (bicyclic) bond motifs is 1. The third-order valence-corrected chi connectivity index (χ3v) is 3.24. The number of anilines is 1. The van der Waals surface area contributed by atoms with Gasteiger partial charge in [-0.25, -0.2) is 4.98 Å². The highest BCUT2D eigenvalue weighted by Crippen LogP contribution is 2.20. The third-order valence-electron chi connectivity index (χ3n) is 3.24. The lowest BCUT2D eigenvalue weighted by Gasteiger charge is -2.05. The number of nitrogens with zero attached hydrogens (tertiary/aromatic N) is 1. The van der Waals surface area contributed by atoms with E-state index in [4.69, 9.17) is 5.73 Å². The number of hydrogen-bond donors (Lipinski definition) is 1. The van der Waals surface area contributed by atoms with Crippen molar-refractivity contribution >= 4 is 22.4 Å². The number of aromatic nitrogens is 1. The molecule has 0 bridgehead atoms. The van der Waals surface area contributed by atoms with Crippen molar-refractivity contribution in [3.63, 3.8) is 0 Å². The van der Waals surface area contributed by atoms with E-state index < -0.39 is 0 Å². The molecule has 1 heterocycles. The van der Waals surface area contributed by atoms with Gasteiger partial charge < -0.3 is 5.73 Å². The summed E-state index contributed by atoms with van der Waals surface area (Å²) in [5, 5.41) is 0.878. The maximum absolute atomic E-state index is 12.3. The molecule has 0 amide bonds. The van der Waals surface area contributed by atoms with E-state index in [-0.39, 0.29) is 5.78 Å². The fourth-order valence-electron chi connectivity index (χ4n) is 2.22. The van der Waals surface area contributed by atoms with Crippen LogP contribution in [0.1, 0.15) is 16.1 Å². The van der Waals surface area contributed by atoms with Gasteiger partial charge in [0.15, 0.2) is 5.78 Å². The maximum atomic E-state index is 12.3. The maximum Gasteiger partial charge on any atom is 0.185 e. The first-order chi connectivity index (χ1) is 9.74. The second kappa shape index (κ2) is 5.13. The Bertz CT molecular complexity index is 766. The van der Waals surface area contributed by atoms with Crippen LogP contribution >= 0.6 is 0 Å². The van der Waals surface area contributed by atoms with Gasteiger partial charge in [-0.1, -0.05) is 48.5 Å². The molecule has 0 aliphatic rings. The molecule has 0 aliphatic heterocycles. The van der Waals surface area contributed by atoms with Gasteiger partial charge in [0.25, 0.3) is 0 Å². The van der Waals surface area contributed by atoms with Gasteiger partial charge in [-0.15, -0.1) is 0 Å². The molecule has 98 valence electrons. The van der Waals surface area contributed by atoms with E-state index in [2.05, 4.69) is 4.98 Å². The van der Waals surface area contributed by atoms with Crippen LogP contribution in [-0.4, -0.2) is 10.8 Å². The Morgan fingerprint density at radius 1 is 1.00 bits per heavy atom. The van der Waals surface area contributed by atoms with Crippen molar-refractivity contribution in [2.75, 3.05) is 5.73 Å². The predicted octanol–water partition coefficient (Wildman–Crippen LogP) is 3.24. The van der Waals surface area contributed by atoms with Gasteiger partial charge in [0.05, 0.1) is 5.52 Å². The Balaban J connectivity index is 1.96. The number of carbonyl (C=O) groups excluding carboxylic acids is 1. The fraction of sp³-hybridized carbons (Fsp3) is 0.0588. The predicted molar refractivity (Wildman–Crippen MR) is 80.6 cm³/mol. The van der Waals surface area contributed by atoms with Crippen molar-refractivity contribution in [3.05, 3.63) is 71.9 Å². The van der Waals surface area contributed by atoms with Crippen molar-refractivity contribution in [2.24, 2.45) is 0 Å². The summed E-state index contributed by atoms with van der Waals surface area (Å²) in [6.45, 7) is 0. The molecule has 0 unspecified atom stereocenters. The van der Waals surface area contributed by atoms with E-state index in [1.165, 1.54) is 0 Å². The first kappa shape index (κ1) is 12.4. The molecule has 0 saturated carbocycles. The number of nitrogen functional groups attached to an aromatic ring is 1. The molecule has 1 aromatic heterocycles. The SMILES string of the molecule is Nc1cc(C(=O)Cc2ccccc2)nc2ccccc12. The average molecular weight is 262 g/mol. The molecule has 0 radical (unpaired) electrons. The number of rotatable bonds is 3. The zero-order valence-electron chi connectivity index (χ0n) is 10.9. The molecule has 3 aromatic rings. The van der Waals surface area contributed by atoms with E-state index in [9.17, 15) is 4.79 Å². The molecule has 2 N–H and O–H groups in total. The van der Waals surface area contributed by atoms with Crippen LogP contribution in [-0.2, 0) is 6.42 Å². The number of Topliss-reactive ketones (excluding diaryl/α,β-unsaturated/α-hetero) is 1. The van der Waals surface area contributed by atoms with Crippen molar-refractivity contribution in [1.29, 1.82) is 0 Å². The Morgan fingerprint density at radius 3 is 2.50 bits per heavy atom. The molecular formula is C17H14N2O. The van der Waals surface area contributed by atoms with Gasteiger partial charge in [-0.05, 0) is 17.7 Å². The molecule has 20 heavy (non-hydrogen) atoms. The van der Waals surface area contributed by atoms with Gasteiger partial charge in [-0.2, -0.15) is 0 Å². The summed E-state index contributed by atoms with van der Waals surface area (Å²) in [4.78, 5) is 16.7. The zero-order chi connectivity index (χ0) is 13.9. The lowest BCUT2D eigenvalue weighted by atomic mass is 10.1. The topological polar surface area (TPSA) is 56.0 Å². The molecular weight excluding hydrogens is 248 g/mol. The molecule has 0 fully saturated rings. The highest BCUT2D eigenvalue weighted by molar-refractivity contribution is 6.01. The number of pyridine rings is 1. The van der Waals surface area contributed by atoms with E-state index in [0.29, 0.717) is 17.8 Å². The highest BCUT2D eigenvalue weighted by Gasteiger charge is 2.11. The van der Waals surface area contributed by atoms with Crippen LogP contribution in [0, 0.1) is 0 Å². The number of ketones is 1. The van der Waals surface area contributed by atoms with E-state index in [0.717, 1.165) is 16.5 Å². The van der Waals surface area contributed by atoms with Crippen LogP contribution in [0.2, 0.25) is 0 Å². The van der Waals surface area contributed by atoms with Crippen molar-refractivity contribution in [2.45, 2.75) is 6.42 Å². The summed E-state index contributed by atoms with van der Waals surface area (Å²) < 4.78 is 0. The fourth-order valence-corrected chi connectivity index (χ4v) is 2.22. The summed E-state index contributed by atoms with van der Waals surface area (Å²) in [6.07, 6.45) is 0.339. The summed E-state index contributed by atoms with van der Waals surface area (Å²) in [5.41, 5.74) is 8.74. The van der Waals surface area contributed by atoms with Gasteiger partial charge in [0.1, 0.15) is 5.69 Å². The Hall–Kier alpha value is -2.68. The first-order valence-corrected chi connectivity index (χ1v) is 6.46. The second-order valence-corrected chi connectivity index (χ2v) is 4.70. The molecule has 0 spiro atoms. The van der Waals surface area contributed by atoms with Crippen molar-refractivity contribution in [3.8, 4) is 0 Å². The monoisotopic (exact) mass is 262 g/mol. The first-order valence-electron chi connectivity index (χ1n) is 6.46. The minimum absolute atomic E-state index is 0.0198. The highest BCUT2D eigenvalue weighted by atomic mass is 16.1. The summed E-state index contributed by atoms with van der Waals surface area (Å²) in [6, 6.07) is 18.9. The van der Waals surface area contributed by atoms with E-state index in [1.807, 2.05) is 54.6 Å². The molecule has 3 heteroatoms.